The average Bonchev–Trinajstić information content (AvgIpc) is 2.98. The van der Waals surface area contributed by atoms with Gasteiger partial charge in [0.15, 0.2) is 0 Å². The molecule has 1 atom stereocenters. The SMILES string of the molecule is CCn1cc(CNCC(C)(O)c2ccc(C)o2)cn1. The highest BCUT2D eigenvalue weighted by Crippen LogP contribution is 2.21. The summed E-state index contributed by atoms with van der Waals surface area (Å²) in [5, 5.41) is 17.8. The van der Waals surface area contributed by atoms with Gasteiger partial charge in [0, 0.05) is 31.4 Å². The van der Waals surface area contributed by atoms with Crippen LogP contribution in [0.2, 0.25) is 0 Å². The van der Waals surface area contributed by atoms with E-state index >= 15 is 0 Å². The molecule has 0 aromatic carbocycles. The smallest absolute Gasteiger partial charge is 0.136 e. The number of aromatic nitrogens is 2. The van der Waals surface area contributed by atoms with Crippen molar-refractivity contribution in [1.82, 2.24) is 15.1 Å². The minimum Gasteiger partial charge on any atom is -0.463 e. The van der Waals surface area contributed by atoms with Crippen LogP contribution in [-0.2, 0) is 18.7 Å². The summed E-state index contributed by atoms with van der Waals surface area (Å²) in [6.45, 7) is 7.63. The highest BCUT2D eigenvalue weighted by molar-refractivity contribution is 5.13. The van der Waals surface area contributed by atoms with Gasteiger partial charge in [-0.1, -0.05) is 0 Å². The molecule has 0 saturated heterocycles. The molecule has 0 saturated carbocycles. The first-order valence-electron chi connectivity index (χ1n) is 6.52. The predicted molar refractivity (Wildman–Crippen MR) is 72.6 cm³/mol. The molecule has 0 spiro atoms. The van der Waals surface area contributed by atoms with Gasteiger partial charge in [0.05, 0.1) is 6.20 Å². The Labute approximate surface area is 113 Å². The molecular formula is C14H21N3O2. The molecule has 0 amide bonds. The highest BCUT2D eigenvalue weighted by atomic mass is 16.4. The van der Waals surface area contributed by atoms with Gasteiger partial charge in [-0.2, -0.15) is 5.10 Å². The molecule has 19 heavy (non-hydrogen) atoms. The maximum Gasteiger partial charge on any atom is 0.136 e. The van der Waals surface area contributed by atoms with Crippen LogP contribution in [-0.4, -0.2) is 21.4 Å². The lowest BCUT2D eigenvalue weighted by atomic mass is 10.0. The molecule has 0 bridgehead atoms. The van der Waals surface area contributed by atoms with Crippen molar-refractivity contribution in [2.45, 2.75) is 39.5 Å². The van der Waals surface area contributed by atoms with Gasteiger partial charge in [-0.15, -0.1) is 0 Å². The van der Waals surface area contributed by atoms with E-state index in [0.717, 1.165) is 17.9 Å². The molecule has 0 fully saturated rings. The van der Waals surface area contributed by atoms with Crippen molar-refractivity contribution < 1.29 is 9.52 Å². The Hall–Kier alpha value is -1.59. The molecule has 0 aliphatic heterocycles. The lowest BCUT2D eigenvalue weighted by Gasteiger charge is -2.21. The molecule has 0 aliphatic carbocycles. The van der Waals surface area contributed by atoms with Crippen LogP contribution in [0.1, 0.15) is 30.9 Å². The first kappa shape index (κ1) is 13.8. The second-order valence-corrected chi connectivity index (χ2v) is 4.99. The average molecular weight is 263 g/mol. The second-order valence-electron chi connectivity index (χ2n) is 4.99. The summed E-state index contributed by atoms with van der Waals surface area (Å²) in [5.41, 5.74) is 0.0999. The van der Waals surface area contributed by atoms with Crippen molar-refractivity contribution >= 4 is 0 Å². The van der Waals surface area contributed by atoms with Crippen LogP contribution in [0.15, 0.2) is 28.9 Å². The van der Waals surface area contributed by atoms with Crippen molar-refractivity contribution in [3.63, 3.8) is 0 Å². The molecule has 5 nitrogen and oxygen atoms in total. The van der Waals surface area contributed by atoms with Crippen LogP contribution in [0.5, 0.6) is 0 Å². The minimum absolute atomic E-state index is 0.428. The Morgan fingerprint density at radius 3 is 2.84 bits per heavy atom. The number of rotatable bonds is 6. The van der Waals surface area contributed by atoms with Crippen LogP contribution < -0.4 is 5.32 Å². The molecule has 5 heteroatoms. The van der Waals surface area contributed by atoms with E-state index in [0.29, 0.717) is 18.8 Å². The Balaban J connectivity index is 1.87. The topological polar surface area (TPSA) is 63.2 Å². The van der Waals surface area contributed by atoms with E-state index < -0.39 is 5.60 Å². The summed E-state index contributed by atoms with van der Waals surface area (Å²) < 4.78 is 7.35. The molecule has 2 aromatic rings. The van der Waals surface area contributed by atoms with E-state index in [2.05, 4.69) is 10.4 Å². The lowest BCUT2D eigenvalue weighted by molar-refractivity contribution is 0.0333. The summed E-state index contributed by atoms with van der Waals surface area (Å²) in [4.78, 5) is 0. The number of aryl methyl sites for hydroxylation is 2. The summed E-state index contributed by atoms with van der Waals surface area (Å²) >= 11 is 0. The first-order valence-corrected chi connectivity index (χ1v) is 6.52. The molecule has 2 aromatic heterocycles. The van der Waals surface area contributed by atoms with Gasteiger partial charge in [-0.25, -0.2) is 0 Å². The van der Waals surface area contributed by atoms with Gasteiger partial charge >= 0.3 is 0 Å². The van der Waals surface area contributed by atoms with Crippen LogP contribution in [0.4, 0.5) is 0 Å². The third-order valence-electron chi connectivity index (χ3n) is 3.08. The predicted octanol–water partition coefficient (Wildman–Crippen LogP) is 1.80. The first-order chi connectivity index (χ1) is 9.01. The van der Waals surface area contributed by atoms with E-state index in [1.54, 1.807) is 6.92 Å². The zero-order valence-corrected chi connectivity index (χ0v) is 11.7. The van der Waals surface area contributed by atoms with E-state index in [-0.39, 0.29) is 0 Å². The number of aliphatic hydroxyl groups is 1. The fourth-order valence-corrected chi connectivity index (χ4v) is 1.93. The van der Waals surface area contributed by atoms with Crippen LogP contribution in [0.25, 0.3) is 0 Å². The Morgan fingerprint density at radius 2 is 2.26 bits per heavy atom. The molecular weight excluding hydrogens is 242 g/mol. The maximum absolute atomic E-state index is 10.4. The van der Waals surface area contributed by atoms with Crippen molar-refractivity contribution in [3.05, 3.63) is 41.6 Å². The van der Waals surface area contributed by atoms with Crippen molar-refractivity contribution in [3.8, 4) is 0 Å². The molecule has 1 unspecified atom stereocenters. The summed E-state index contributed by atoms with van der Waals surface area (Å²) in [5.74, 6) is 1.39. The van der Waals surface area contributed by atoms with E-state index in [1.807, 2.05) is 43.1 Å². The van der Waals surface area contributed by atoms with Gasteiger partial charge in [-0.3, -0.25) is 4.68 Å². The van der Waals surface area contributed by atoms with Gasteiger partial charge in [0.2, 0.25) is 0 Å². The van der Waals surface area contributed by atoms with Crippen LogP contribution in [0.3, 0.4) is 0 Å². The van der Waals surface area contributed by atoms with Gasteiger partial charge in [-0.05, 0) is 32.9 Å². The fraction of sp³-hybridized carbons (Fsp3) is 0.500. The largest absolute Gasteiger partial charge is 0.463 e. The number of hydrogen-bond donors (Lipinski definition) is 2. The Morgan fingerprint density at radius 1 is 1.47 bits per heavy atom. The highest BCUT2D eigenvalue weighted by Gasteiger charge is 2.26. The molecule has 2 N–H and O–H groups in total. The molecule has 0 aliphatic rings. The number of nitrogens with one attached hydrogen (secondary N) is 1. The maximum atomic E-state index is 10.4. The number of hydrogen-bond acceptors (Lipinski definition) is 4. The Kier molecular flexibility index (Phi) is 4.07. The molecule has 2 rings (SSSR count). The van der Waals surface area contributed by atoms with Crippen molar-refractivity contribution in [2.24, 2.45) is 0 Å². The quantitative estimate of drug-likeness (QED) is 0.834. The van der Waals surface area contributed by atoms with Crippen LogP contribution in [0, 0.1) is 6.92 Å². The summed E-state index contributed by atoms with van der Waals surface area (Å²) in [6, 6.07) is 3.67. The van der Waals surface area contributed by atoms with Crippen molar-refractivity contribution in [2.75, 3.05) is 6.54 Å². The van der Waals surface area contributed by atoms with Gasteiger partial charge in [0.25, 0.3) is 0 Å². The summed E-state index contributed by atoms with van der Waals surface area (Å²) in [6.07, 6.45) is 3.83. The van der Waals surface area contributed by atoms with E-state index in [4.69, 9.17) is 4.42 Å². The lowest BCUT2D eigenvalue weighted by Crippen LogP contribution is -2.34. The van der Waals surface area contributed by atoms with Crippen molar-refractivity contribution in [1.29, 1.82) is 0 Å². The van der Waals surface area contributed by atoms with Gasteiger partial charge < -0.3 is 14.8 Å². The monoisotopic (exact) mass is 263 g/mol. The second kappa shape index (κ2) is 5.59. The summed E-state index contributed by atoms with van der Waals surface area (Å²) in [7, 11) is 0. The van der Waals surface area contributed by atoms with E-state index in [1.165, 1.54) is 0 Å². The minimum atomic E-state index is -1.00. The molecule has 2 heterocycles. The molecule has 104 valence electrons. The molecule has 0 radical (unpaired) electrons. The van der Waals surface area contributed by atoms with E-state index in [9.17, 15) is 5.11 Å². The Bertz CT molecular complexity index is 528. The number of furan rings is 1. The normalized spacial score (nSPS) is 14.5. The van der Waals surface area contributed by atoms with Gasteiger partial charge in [0.1, 0.15) is 17.1 Å². The number of nitrogens with zero attached hydrogens (tertiary/aromatic N) is 2. The fourth-order valence-electron chi connectivity index (χ4n) is 1.93. The van der Waals surface area contributed by atoms with Crippen LogP contribution >= 0.6 is 0 Å². The standard InChI is InChI=1S/C14H21N3O2/c1-4-17-9-12(8-16-17)7-15-10-14(3,18)13-6-5-11(2)19-13/h5-6,8-9,15,18H,4,7,10H2,1-3H3. The zero-order valence-electron chi connectivity index (χ0n) is 11.7. The zero-order chi connectivity index (χ0) is 13.9. The third kappa shape index (κ3) is 3.45. The third-order valence-corrected chi connectivity index (χ3v) is 3.08.